The highest BCUT2D eigenvalue weighted by Gasteiger charge is 2.22. The van der Waals surface area contributed by atoms with E-state index >= 15 is 0 Å². The van der Waals surface area contributed by atoms with Crippen molar-refractivity contribution < 1.29 is 4.79 Å². The minimum absolute atomic E-state index is 0.252. The minimum Gasteiger partial charge on any atom is -0.300 e. The molecule has 0 bridgehead atoms. The second kappa shape index (κ2) is 3.38. The summed E-state index contributed by atoms with van der Waals surface area (Å²) in [6.07, 6.45) is 4.17. The summed E-state index contributed by atoms with van der Waals surface area (Å²) in [6, 6.07) is 0. The van der Waals surface area contributed by atoms with Gasteiger partial charge in [-0.15, -0.1) is 11.6 Å². The fourth-order valence-corrected chi connectivity index (χ4v) is 1.87. The van der Waals surface area contributed by atoms with Crippen molar-refractivity contribution >= 4 is 17.4 Å². The number of halogens is 1. The molecule has 1 saturated carbocycles. The van der Waals surface area contributed by atoms with Gasteiger partial charge in [-0.1, -0.05) is 6.42 Å². The van der Waals surface area contributed by atoms with Crippen molar-refractivity contribution in [3.63, 3.8) is 0 Å². The van der Waals surface area contributed by atoms with Crippen molar-refractivity contribution in [3.8, 4) is 0 Å². The normalized spacial score (nSPS) is 33.8. The van der Waals surface area contributed by atoms with Gasteiger partial charge in [0.2, 0.25) is 0 Å². The molecule has 0 aromatic rings. The zero-order valence-electron chi connectivity index (χ0n) is 6.27. The van der Waals surface area contributed by atoms with Crippen LogP contribution in [0.5, 0.6) is 0 Å². The number of Topliss-reactive ketones (excluding diaryl/α,β-unsaturated/α-hetero) is 1. The van der Waals surface area contributed by atoms with Crippen LogP contribution in [-0.4, -0.2) is 11.2 Å². The van der Waals surface area contributed by atoms with Crippen molar-refractivity contribution in [2.24, 2.45) is 5.92 Å². The van der Waals surface area contributed by atoms with Gasteiger partial charge in [0.1, 0.15) is 5.78 Å². The van der Waals surface area contributed by atoms with Crippen LogP contribution in [0.25, 0.3) is 0 Å². The number of carbonyl (C=O) groups excluding carboxylic acids is 1. The van der Waals surface area contributed by atoms with Crippen LogP contribution in [0.1, 0.15) is 32.6 Å². The molecular formula is C8H13ClO. The molecule has 0 aromatic carbocycles. The Bertz CT molecular complexity index is 133. The number of alkyl halides is 1. The third-order valence-electron chi connectivity index (χ3n) is 2.19. The van der Waals surface area contributed by atoms with E-state index in [1.165, 1.54) is 0 Å². The average Bonchev–Trinajstić information content (AvgIpc) is 1.88. The van der Waals surface area contributed by atoms with Gasteiger partial charge in [0.15, 0.2) is 0 Å². The molecular weight excluding hydrogens is 148 g/mol. The summed E-state index contributed by atoms with van der Waals surface area (Å²) < 4.78 is 0. The monoisotopic (exact) mass is 160 g/mol. The largest absolute Gasteiger partial charge is 0.300 e. The van der Waals surface area contributed by atoms with E-state index in [1.807, 2.05) is 0 Å². The van der Waals surface area contributed by atoms with Gasteiger partial charge in [-0.2, -0.15) is 0 Å². The fraction of sp³-hybridized carbons (Fsp3) is 0.875. The fourth-order valence-electron chi connectivity index (χ4n) is 1.50. The van der Waals surface area contributed by atoms with Crippen molar-refractivity contribution in [2.75, 3.05) is 0 Å². The lowest BCUT2D eigenvalue weighted by Gasteiger charge is -2.22. The van der Waals surface area contributed by atoms with Crippen LogP contribution in [-0.2, 0) is 4.79 Å². The Kier molecular flexibility index (Phi) is 2.72. The van der Waals surface area contributed by atoms with Crippen LogP contribution < -0.4 is 0 Å². The first kappa shape index (κ1) is 8.06. The molecule has 2 unspecified atom stereocenters. The molecule has 1 rings (SSSR count). The van der Waals surface area contributed by atoms with Crippen molar-refractivity contribution in [1.82, 2.24) is 0 Å². The SMILES string of the molecule is CC(=O)C1CCCC(Cl)C1. The second-order valence-electron chi connectivity index (χ2n) is 3.07. The predicted octanol–water partition coefficient (Wildman–Crippen LogP) is 2.37. The Balaban J connectivity index is 2.39. The molecule has 1 fully saturated rings. The van der Waals surface area contributed by atoms with Crippen molar-refractivity contribution in [1.29, 1.82) is 0 Å². The molecule has 58 valence electrons. The highest BCUT2D eigenvalue weighted by Crippen LogP contribution is 2.27. The zero-order chi connectivity index (χ0) is 7.56. The van der Waals surface area contributed by atoms with Gasteiger partial charge in [-0.3, -0.25) is 4.79 Å². The average molecular weight is 161 g/mol. The second-order valence-corrected chi connectivity index (χ2v) is 3.69. The molecule has 1 nitrogen and oxygen atoms in total. The number of hydrogen-bond acceptors (Lipinski definition) is 1. The molecule has 0 amide bonds. The van der Waals surface area contributed by atoms with E-state index in [4.69, 9.17) is 11.6 Å². The Labute approximate surface area is 66.8 Å². The summed E-state index contributed by atoms with van der Waals surface area (Å²) in [7, 11) is 0. The van der Waals surface area contributed by atoms with E-state index in [-0.39, 0.29) is 11.3 Å². The van der Waals surface area contributed by atoms with E-state index in [1.54, 1.807) is 6.92 Å². The van der Waals surface area contributed by atoms with E-state index in [9.17, 15) is 4.79 Å². The van der Waals surface area contributed by atoms with Crippen LogP contribution in [0.15, 0.2) is 0 Å². The molecule has 0 aliphatic heterocycles. The number of hydrogen-bond donors (Lipinski definition) is 0. The van der Waals surface area contributed by atoms with Crippen LogP contribution in [0.2, 0.25) is 0 Å². The summed E-state index contributed by atoms with van der Waals surface area (Å²) in [5.74, 6) is 0.571. The third kappa shape index (κ3) is 1.98. The number of carbonyl (C=O) groups is 1. The van der Waals surface area contributed by atoms with Gasteiger partial charge in [0.05, 0.1) is 0 Å². The number of rotatable bonds is 1. The lowest BCUT2D eigenvalue weighted by molar-refractivity contribution is -0.121. The molecule has 0 saturated heterocycles. The molecule has 0 aromatic heterocycles. The molecule has 2 atom stereocenters. The lowest BCUT2D eigenvalue weighted by atomic mass is 9.86. The van der Waals surface area contributed by atoms with Crippen molar-refractivity contribution in [2.45, 2.75) is 38.0 Å². The molecule has 0 spiro atoms. The molecule has 1 aliphatic rings. The first-order valence-corrected chi connectivity index (χ1v) is 4.28. The summed E-state index contributed by atoms with van der Waals surface area (Å²) >= 11 is 5.90. The van der Waals surface area contributed by atoms with Gasteiger partial charge in [0.25, 0.3) is 0 Å². The topological polar surface area (TPSA) is 17.1 Å². The van der Waals surface area contributed by atoms with Crippen LogP contribution in [0.3, 0.4) is 0 Å². The molecule has 10 heavy (non-hydrogen) atoms. The summed E-state index contributed by atoms with van der Waals surface area (Å²) in [5, 5.41) is 0.252. The standard InChI is InChI=1S/C8H13ClO/c1-6(10)7-3-2-4-8(9)5-7/h7-8H,2-5H2,1H3. The third-order valence-corrected chi connectivity index (χ3v) is 2.58. The van der Waals surface area contributed by atoms with Gasteiger partial charge in [-0.05, 0) is 26.2 Å². The minimum atomic E-state index is 0.252. The van der Waals surface area contributed by atoms with E-state index in [0.29, 0.717) is 5.78 Å². The maximum absolute atomic E-state index is 10.9. The molecule has 1 aliphatic carbocycles. The molecule has 0 radical (unpaired) electrons. The van der Waals surface area contributed by atoms with Crippen LogP contribution in [0, 0.1) is 5.92 Å². The Morgan fingerprint density at radius 2 is 2.20 bits per heavy atom. The van der Waals surface area contributed by atoms with Gasteiger partial charge in [-0.25, -0.2) is 0 Å². The predicted molar refractivity (Wildman–Crippen MR) is 42.3 cm³/mol. The Hall–Kier alpha value is -0.0400. The smallest absolute Gasteiger partial charge is 0.132 e. The quantitative estimate of drug-likeness (QED) is 0.539. The highest BCUT2D eigenvalue weighted by molar-refractivity contribution is 6.20. The Morgan fingerprint density at radius 1 is 1.50 bits per heavy atom. The van der Waals surface area contributed by atoms with Crippen molar-refractivity contribution in [3.05, 3.63) is 0 Å². The maximum atomic E-state index is 10.9. The number of ketones is 1. The first-order valence-electron chi connectivity index (χ1n) is 3.84. The van der Waals surface area contributed by atoms with Gasteiger partial charge >= 0.3 is 0 Å². The molecule has 0 heterocycles. The highest BCUT2D eigenvalue weighted by atomic mass is 35.5. The van der Waals surface area contributed by atoms with Crippen LogP contribution >= 0.6 is 11.6 Å². The lowest BCUT2D eigenvalue weighted by Crippen LogP contribution is -2.20. The zero-order valence-corrected chi connectivity index (χ0v) is 7.03. The van der Waals surface area contributed by atoms with E-state index in [0.717, 1.165) is 25.7 Å². The van der Waals surface area contributed by atoms with Crippen LogP contribution in [0.4, 0.5) is 0 Å². The van der Waals surface area contributed by atoms with Gasteiger partial charge in [0, 0.05) is 11.3 Å². The van der Waals surface area contributed by atoms with E-state index < -0.39 is 0 Å². The molecule has 2 heteroatoms. The first-order chi connectivity index (χ1) is 4.70. The Morgan fingerprint density at radius 3 is 2.60 bits per heavy atom. The summed E-state index contributed by atoms with van der Waals surface area (Å²) in [4.78, 5) is 10.9. The maximum Gasteiger partial charge on any atom is 0.132 e. The van der Waals surface area contributed by atoms with Gasteiger partial charge < -0.3 is 0 Å². The van der Waals surface area contributed by atoms with E-state index in [2.05, 4.69) is 0 Å². The molecule has 0 N–H and O–H groups in total. The summed E-state index contributed by atoms with van der Waals surface area (Å²) in [5.41, 5.74) is 0. The summed E-state index contributed by atoms with van der Waals surface area (Å²) in [6.45, 7) is 1.67.